The summed E-state index contributed by atoms with van der Waals surface area (Å²) >= 11 is 0. The summed E-state index contributed by atoms with van der Waals surface area (Å²) in [6.07, 6.45) is 3.55. The lowest BCUT2D eigenvalue weighted by Crippen LogP contribution is -2.25. The van der Waals surface area contributed by atoms with Crippen molar-refractivity contribution in [3.05, 3.63) is 59.9 Å². The molecule has 1 aromatic carbocycles. The number of hydrogen-bond acceptors (Lipinski definition) is 3. The fourth-order valence-electron chi connectivity index (χ4n) is 1.97. The van der Waals surface area contributed by atoms with Gasteiger partial charge in [-0.3, -0.25) is 4.98 Å². The van der Waals surface area contributed by atoms with Gasteiger partial charge in [0.05, 0.1) is 0 Å². The molecule has 1 unspecified atom stereocenters. The second-order valence-corrected chi connectivity index (χ2v) is 5.21. The molecule has 0 saturated heterocycles. The SMILES string of the molecule is CC(N)c1cccc(OC(C)(C)c2ccncc2)c1. The Bertz CT molecular complexity index is 535. The zero-order valence-electron chi connectivity index (χ0n) is 11.6. The molecule has 0 bridgehead atoms. The molecule has 0 saturated carbocycles. The molecule has 1 aromatic heterocycles. The topological polar surface area (TPSA) is 48.1 Å². The van der Waals surface area contributed by atoms with E-state index in [1.54, 1.807) is 12.4 Å². The van der Waals surface area contributed by atoms with Gasteiger partial charge in [0.2, 0.25) is 0 Å². The monoisotopic (exact) mass is 256 g/mol. The Labute approximate surface area is 114 Å². The zero-order chi connectivity index (χ0) is 13.9. The van der Waals surface area contributed by atoms with E-state index in [2.05, 4.69) is 4.98 Å². The van der Waals surface area contributed by atoms with E-state index in [0.29, 0.717) is 0 Å². The predicted molar refractivity (Wildman–Crippen MR) is 76.9 cm³/mol. The molecule has 0 amide bonds. The molecular weight excluding hydrogens is 236 g/mol. The summed E-state index contributed by atoms with van der Waals surface area (Å²) in [5.41, 5.74) is 7.65. The van der Waals surface area contributed by atoms with Crippen LogP contribution in [-0.2, 0) is 5.60 Å². The van der Waals surface area contributed by atoms with Gasteiger partial charge in [-0.15, -0.1) is 0 Å². The molecule has 3 heteroatoms. The Morgan fingerprint density at radius 2 is 1.84 bits per heavy atom. The highest BCUT2D eigenvalue weighted by Crippen LogP contribution is 2.28. The van der Waals surface area contributed by atoms with Gasteiger partial charge in [0.25, 0.3) is 0 Å². The number of aromatic nitrogens is 1. The molecule has 1 heterocycles. The maximum Gasteiger partial charge on any atom is 0.128 e. The molecule has 2 N–H and O–H groups in total. The van der Waals surface area contributed by atoms with Crippen LogP contribution < -0.4 is 10.5 Å². The maximum atomic E-state index is 6.10. The second-order valence-electron chi connectivity index (χ2n) is 5.21. The van der Waals surface area contributed by atoms with E-state index >= 15 is 0 Å². The minimum atomic E-state index is -0.403. The van der Waals surface area contributed by atoms with Crippen molar-refractivity contribution in [2.24, 2.45) is 5.73 Å². The molecule has 2 aromatic rings. The van der Waals surface area contributed by atoms with Crippen molar-refractivity contribution in [2.45, 2.75) is 32.4 Å². The second kappa shape index (κ2) is 5.41. The van der Waals surface area contributed by atoms with Gasteiger partial charge in [-0.2, -0.15) is 0 Å². The van der Waals surface area contributed by atoms with E-state index < -0.39 is 5.60 Å². The predicted octanol–water partition coefficient (Wildman–Crippen LogP) is 3.42. The van der Waals surface area contributed by atoms with Crippen LogP contribution >= 0.6 is 0 Å². The largest absolute Gasteiger partial charge is 0.483 e. The van der Waals surface area contributed by atoms with Crippen molar-refractivity contribution in [2.75, 3.05) is 0 Å². The summed E-state index contributed by atoms with van der Waals surface area (Å²) in [5.74, 6) is 0.830. The van der Waals surface area contributed by atoms with Crippen molar-refractivity contribution in [1.29, 1.82) is 0 Å². The number of nitrogens with two attached hydrogens (primary N) is 1. The van der Waals surface area contributed by atoms with E-state index in [1.807, 2.05) is 57.2 Å². The quantitative estimate of drug-likeness (QED) is 0.911. The van der Waals surface area contributed by atoms with Crippen LogP contribution in [0.4, 0.5) is 0 Å². The molecule has 2 rings (SSSR count). The van der Waals surface area contributed by atoms with Crippen molar-refractivity contribution in [3.63, 3.8) is 0 Å². The lowest BCUT2D eigenvalue weighted by Gasteiger charge is -2.27. The third kappa shape index (κ3) is 3.32. The van der Waals surface area contributed by atoms with Gasteiger partial charge in [0, 0.05) is 18.4 Å². The van der Waals surface area contributed by atoms with E-state index in [-0.39, 0.29) is 6.04 Å². The molecule has 0 aliphatic carbocycles. The normalized spacial score (nSPS) is 13.1. The first-order valence-corrected chi connectivity index (χ1v) is 6.44. The van der Waals surface area contributed by atoms with Crippen LogP contribution in [0.5, 0.6) is 5.75 Å². The molecule has 1 atom stereocenters. The Balaban J connectivity index is 2.23. The summed E-state index contributed by atoms with van der Waals surface area (Å²) in [7, 11) is 0. The fourth-order valence-corrected chi connectivity index (χ4v) is 1.97. The van der Waals surface area contributed by atoms with Crippen molar-refractivity contribution >= 4 is 0 Å². The highest BCUT2D eigenvalue weighted by atomic mass is 16.5. The summed E-state index contributed by atoms with van der Waals surface area (Å²) < 4.78 is 6.10. The maximum absolute atomic E-state index is 6.10. The Morgan fingerprint density at radius 3 is 2.47 bits per heavy atom. The molecule has 0 fully saturated rings. The first-order valence-electron chi connectivity index (χ1n) is 6.44. The van der Waals surface area contributed by atoms with Gasteiger partial charge < -0.3 is 10.5 Å². The zero-order valence-corrected chi connectivity index (χ0v) is 11.6. The fraction of sp³-hybridized carbons (Fsp3) is 0.312. The summed E-state index contributed by atoms with van der Waals surface area (Å²) in [6, 6.07) is 11.9. The molecule has 3 nitrogen and oxygen atoms in total. The molecule has 0 aliphatic rings. The number of ether oxygens (including phenoxy) is 1. The first kappa shape index (κ1) is 13.6. The van der Waals surface area contributed by atoms with Crippen molar-refractivity contribution < 1.29 is 4.74 Å². The summed E-state index contributed by atoms with van der Waals surface area (Å²) in [6.45, 7) is 6.05. The molecule has 19 heavy (non-hydrogen) atoms. The van der Waals surface area contributed by atoms with Gasteiger partial charge in [-0.1, -0.05) is 12.1 Å². The van der Waals surface area contributed by atoms with E-state index in [1.165, 1.54) is 0 Å². The Hall–Kier alpha value is -1.87. The number of hydrogen-bond donors (Lipinski definition) is 1. The van der Waals surface area contributed by atoms with Crippen LogP contribution in [0, 0.1) is 0 Å². The van der Waals surface area contributed by atoms with Gasteiger partial charge in [-0.25, -0.2) is 0 Å². The number of rotatable bonds is 4. The lowest BCUT2D eigenvalue weighted by atomic mass is 9.99. The Kier molecular flexibility index (Phi) is 3.86. The van der Waals surface area contributed by atoms with Gasteiger partial charge >= 0.3 is 0 Å². The van der Waals surface area contributed by atoms with E-state index in [0.717, 1.165) is 16.9 Å². The van der Waals surface area contributed by atoms with Crippen LogP contribution in [0.2, 0.25) is 0 Å². The standard InChI is InChI=1S/C16H20N2O/c1-12(17)13-5-4-6-15(11-13)19-16(2,3)14-7-9-18-10-8-14/h4-12H,17H2,1-3H3. The van der Waals surface area contributed by atoms with Crippen LogP contribution in [0.1, 0.15) is 37.9 Å². The molecular formula is C16H20N2O. The highest BCUT2D eigenvalue weighted by Gasteiger charge is 2.22. The third-order valence-electron chi connectivity index (χ3n) is 3.13. The first-order chi connectivity index (χ1) is 8.99. The number of benzene rings is 1. The van der Waals surface area contributed by atoms with E-state index in [4.69, 9.17) is 10.5 Å². The smallest absolute Gasteiger partial charge is 0.128 e. The third-order valence-corrected chi connectivity index (χ3v) is 3.13. The number of nitrogens with zero attached hydrogens (tertiary/aromatic N) is 1. The average molecular weight is 256 g/mol. The van der Waals surface area contributed by atoms with Crippen LogP contribution in [0.25, 0.3) is 0 Å². The van der Waals surface area contributed by atoms with E-state index in [9.17, 15) is 0 Å². The highest BCUT2D eigenvalue weighted by molar-refractivity contribution is 5.31. The Morgan fingerprint density at radius 1 is 1.16 bits per heavy atom. The average Bonchev–Trinajstić information content (AvgIpc) is 2.39. The van der Waals surface area contributed by atoms with Crippen LogP contribution in [0.15, 0.2) is 48.8 Å². The van der Waals surface area contributed by atoms with Gasteiger partial charge in [0.1, 0.15) is 11.4 Å². The minimum Gasteiger partial charge on any atom is -0.483 e. The summed E-state index contributed by atoms with van der Waals surface area (Å²) in [5, 5.41) is 0. The van der Waals surface area contributed by atoms with Gasteiger partial charge in [0.15, 0.2) is 0 Å². The van der Waals surface area contributed by atoms with Crippen molar-refractivity contribution in [3.8, 4) is 5.75 Å². The van der Waals surface area contributed by atoms with Crippen LogP contribution in [-0.4, -0.2) is 4.98 Å². The minimum absolute atomic E-state index is 0.00703. The lowest BCUT2D eigenvalue weighted by molar-refractivity contribution is 0.108. The van der Waals surface area contributed by atoms with Crippen molar-refractivity contribution in [1.82, 2.24) is 4.98 Å². The molecule has 0 spiro atoms. The van der Waals surface area contributed by atoms with Gasteiger partial charge in [-0.05, 0) is 56.2 Å². The molecule has 100 valence electrons. The molecule has 0 aliphatic heterocycles. The van der Waals surface area contributed by atoms with Crippen LogP contribution in [0.3, 0.4) is 0 Å². The summed E-state index contributed by atoms with van der Waals surface area (Å²) in [4.78, 5) is 4.03. The number of pyridine rings is 1. The molecule has 0 radical (unpaired) electrons.